The molecular weight excluding hydrogens is 284 g/mol. The highest BCUT2D eigenvalue weighted by molar-refractivity contribution is 7.91. The quantitative estimate of drug-likeness (QED) is 0.679. The van der Waals surface area contributed by atoms with Gasteiger partial charge in [0.15, 0.2) is 9.84 Å². The van der Waals surface area contributed by atoms with Gasteiger partial charge in [0.25, 0.3) is 0 Å². The third kappa shape index (κ3) is 4.99. The Morgan fingerprint density at radius 2 is 1.95 bits per heavy atom. The number of aliphatic carboxylic acids is 1. The van der Waals surface area contributed by atoms with E-state index in [1.165, 1.54) is 0 Å². The highest BCUT2D eigenvalue weighted by atomic mass is 32.2. The Balaban J connectivity index is 2.60. The molecule has 1 rings (SSSR count). The molecule has 0 aromatic carbocycles. The van der Waals surface area contributed by atoms with E-state index < -0.39 is 33.4 Å². The summed E-state index contributed by atoms with van der Waals surface area (Å²) in [7, 11) is -3.12. The predicted molar refractivity (Wildman–Crippen MR) is 74.2 cm³/mol. The molecule has 3 N–H and O–H groups in total. The van der Waals surface area contributed by atoms with Gasteiger partial charge in [-0.2, -0.15) is 0 Å². The number of rotatable bonds is 5. The van der Waals surface area contributed by atoms with Crippen LogP contribution < -0.4 is 10.6 Å². The third-order valence-electron chi connectivity index (χ3n) is 3.23. The van der Waals surface area contributed by atoms with E-state index in [1.54, 1.807) is 6.92 Å². The third-order valence-corrected chi connectivity index (χ3v) is 5.13. The largest absolute Gasteiger partial charge is 0.480 e. The molecule has 2 amide bonds. The molecule has 0 spiro atoms. The van der Waals surface area contributed by atoms with Gasteiger partial charge in [-0.05, 0) is 25.7 Å². The van der Waals surface area contributed by atoms with E-state index in [-0.39, 0.29) is 17.4 Å². The monoisotopic (exact) mass is 306 g/mol. The second-order valence-electron chi connectivity index (χ2n) is 6.02. The summed E-state index contributed by atoms with van der Waals surface area (Å²) in [6, 6.07) is -1.62. The number of sulfone groups is 1. The Bertz CT molecular complexity index is 488. The van der Waals surface area contributed by atoms with Crippen LogP contribution in [0.1, 0.15) is 33.6 Å². The number of amides is 2. The Morgan fingerprint density at radius 3 is 2.35 bits per heavy atom. The summed E-state index contributed by atoms with van der Waals surface area (Å²) < 4.78 is 22.9. The van der Waals surface area contributed by atoms with E-state index in [0.717, 1.165) is 0 Å². The van der Waals surface area contributed by atoms with Gasteiger partial charge in [0.2, 0.25) is 0 Å². The number of urea groups is 1. The molecule has 1 aliphatic heterocycles. The summed E-state index contributed by atoms with van der Waals surface area (Å²) in [5.74, 6) is -1.05. The molecule has 1 heterocycles. The van der Waals surface area contributed by atoms with E-state index in [0.29, 0.717) is 12.8 Å². The number of hydrogen-bond acceptors (Lipinski definition) is 4. The van der Waals surface area contributed by atoms with Crippen molar-refractivity contribution in [3.05, 3.63) is 0 Å². The molecule has 0 bridgehead atoms. The van der Waals surface area contributed by atoms with Gasteiger partial charge < -0.3 is 15.7 Å². The number of carbonyl (C=O) groups excluding carboxylic acids is 1. The topological polar surface area (TPSA) is 113 Å². The van der Waals surface area contributed by atoms with Crippen LogP contribution in [0.2, 0.25) is 0 Å². The van der Waals surface area contributed by atoms with Crippen LogP contribution in [-0.4, -0.2) is 48.6 Å². The fourth-order valence-electron chi connectivity index (χ4n) is 2.27. The maximum Gasteiger partial charge on any atom is 0.326 e. The maximum absolute atomic E-state index is 11.8. The van der Waals surface area contributed by atoms with Crippen molar-refractivity contribution in [1.29, 1.82) is 0 Å². The zero-order valence-electron chi connectivity index (χ0n) is 12.0. The predicted octanol–water partition coefficient (Wildman–Crippen LogP) is 0.362. The van der Waals surface area contributed by atoms with Crippen molar-refractivity contribution < 1.29 is 23.1 Å². The molecule has 0 aromatic rings. The Labute approximate surface area is 119 Å². The molecule has 0 radical (unpaired) electrons. The molecule has 1 saturated heterocycles. The number of carboxylic acid groups (broad SMARTS) is 1. The number of nitrogens with one attached hydrogen (secondary N) is 2. The van der Waals surface area contributed by atoms with Crippen LogP contribution in [-0.2, 0) is 14.6 Å². The van der Waals surface area contributed by atoms with Crippen LogP contribution >= 0.6 is 0 Å². The summed E-state index contributed by atoms with van der Waals surface area (Å²) in [6.45, 7) is 5.37. The van der Waals surface area contributed by atoms with Gasteiger partial charge in [-0.25, -0.2) is 18.0 Å². The minimum atomic E-state index is -3.12. The SMILES string of the molecule is CC(C)C[C@@H](NC(=O)NC1(C)CCS(=O)(=O)C1)C(=O)O. The number of carbonyl (C=O) groups is 2. The molecule has 20 heavy (non-hydrogen) atoms. The summed E-state index contributed by atoms with van der Waals surface area (Å²) in [5.41, 5.74) is -0.830. The highest BCUT2D eigenvalue weighted by Crippen LogP contribution is 2.22. The van der Waals surface area contributed by atoms with Gasteiger partial charge in [0, 0.05) is 0 Å². The van der Waals surface area contributed by atoms with E-state index in [4.69, 9.17) is 5.11 Å². The van der Waals surface area contributed by atoms with Gasteiger partial charge in [-0.1, -0.05) is 13.8 Å². The van der Waals surface area contributed by atoms with Crippen molar-refractivity contribution >= 4 is 21.8 Å². The van der Waals surface area contributed by atoms with Crippen molar-refractivity contribution in [3.63, 3.8) is 0 Å². The first-order valence-electron chi connectivity index (χ1n) is 6.55. The van der Waals surface area contributed by atoms with Crippen LogP contribution in [0.4, 0.5) is 4.79 Å². The molecule has 116 valence electrons. The number of carboxylic acids is 1. The van der Waals surface area contributed by atoms with Crippen LogP contribution in [0.5, 0.6) is 0 Å². The maximum atomic E-state index is 11.8. The second kappa shape index (κ2) is 5.99. The van der Waals surface area contributed by atoms with Crippen LogP contribution in [0.25, 0.3) is 0 Å². The lowest BCUT2D eigenvalue weighted by Gasteiger charge is -2.25. The fourth-order valence-corrected chi connectivity index (χ4v) is 4.36. The minimum Gasteiger partial charge on any atom is -0.480 e. The fraction of sp³-hybridized carbons (Fsp3) is 0.833. The molecule has 0 aliphatic carbocycles. The van der Waals surface area contributed by atoms with E-state index in [2.05, 4.69) is 10.6 Å². The van der Waals surface area contributed by atoms with Crippen molar-refractivity contribution in [2.45, 2.75) is 45.2 Å². The first-order chi connectivity index (χ1) is 9.03. The lowest BCUT2D eigenvalue weighted by molar-refractivity contribution is -0.139. The first kappa shape index (κ1) is 16.7. The second-order valence-corrected chi connectivity index (χ2v) is 8.21. The van der Waals surface area contributed by atoms with Crippen molar-refractivity contribution in [2.75, 3.05) is 11.5 Å². The Kier molecular flexibility index (Phi) is 5.01. The van der Waals surface area contributed by atoms with E-state index in [1.807, 2.05) is 13.8 Å². The number of hydrogen-bond donors (Lipinski definition) is 3. The zero-order valence-corrected chi connectivity index (χ0v) is 12.8. The van der Waals surface area contributed by atoms with Gasteiger partial charge in [-0.15, -0.1) is 0 Å². The molecule has 7 nitrogen and oxygen atoms in total. The average molecular weight is 306 g/mol. The van der Waals surface area contributed by atoms with Crippen molar-refractivity contribution in [3.8, 4) is 0 Å². The van der Waals surface area contributed by atoms with Gasteiger partial charge in [0.05, 0.1) is 17.0 Å². The first-order valence-corrected chi connectivity index (χ1v) is 8.37. The average Bonchev–Trinajstić information content (AvgIpc) is 2.50. The van der Waals surface area contributed by atoms with Crippen LogP contribution in [0.15, 0.2) is 0 Å². The smallest absolute Gasteiger partial charge is 0.326 e. The zero-order chi connectivity index (χ0) is 15.6. The Morgan fingerprint density at radius 1 is 1.35 bits per heavy atom. The lowest BCUT2D eigenvalue weighted by atomic mass is 10.0. The molecule has 0 saturated carbocycles. The van der Waals surface area contributed by atoms with Crippen molar-refractivity contribution in [1.82, 2.24) is 10.6 Å². The highest BCUT2D eigenvalue weighted by Gasteiger charge is 2.39. The molecule has 1 unspecified atom stereocenters. The standard InChI is InChI=1S/C12H22N2O5S/c1-8(2)6-9(10(15)16)13-11(17)14-12(3)4-5-20(18,19)7-12/h8-9H,4-7H2,1-3H3,(H,15,16)(H2,13,14,17)/t9-,12?/m1/s1. The van der Waals surface area contributed by atoms with E-state index >= 15 is 0 Å². The molecule has 1 aliphatic rings. The summed E-state index contributed by atoms with van der Waals surface area (Å²) in [4.78, 5) is 22.9. The van der Waals surface area contributed by atoms with Gasteiger partial charge in [0.1, 0.15) is 6.04 Å². The molecule has 1 fully saturated rings. The van der Waals surface area contributed by atoms with E-state index in [9.17, 15) is 18.0 Å². The molecular formula is C12H22N2O5S. The summed E-state index contributed by atoms with van der Waals surface area (Å²) in [5, 5.41) is 14.0. The molecule has 0 aromatic heterocycles. The van der Waals surface area contributed by atoms with Crippen LogP contribution in [0.3, 0.4) is 0 Å². The normalized spacial score (nSPS) is 26.2. The van der Waals surface area contributed by atoms with Gasteiger partial charge >= 0.3 is 12.0 Å². The van der Waals surface area contributed by atoms with Crippen LogP contribution in [0, 0.1) is 5.92 Å². The lowest BCUT2D eigenvalue weighted by Crippen LogP contribution is -2.54. The van der Waals surface area contributed by atoms with Gasteiger partial charge in [-0.3, -0.25) is 0 Å². The minimum absolute atomic E-state index is 0.0398. The van der Waals surface area contributed by atoms with Crippen molar-refractivity contribution in [2.24, 2.45) is 5.92 Å². The molecule has 8 heteroatoms. The molecule has 2 atom stereocenters. The Hall–Kier alpha value is -1.31. The summed E-state index contributed by atoms with van der Waals surface area (Å²) in [6.07, 6.45) is 0.655. The summed E-state index contributed by atoms with van der Waals surface area (Å²) >= 11 is 0.